The first-order valence-corrected chi connectivity index (χ1v) is 8.00. The van der Waals surface area contributed by atoms with E-state index in [2.05, 4.69) is 74.4 Å². The molecule has 1 N–H and O–H groups in total. The van der Waals surface area contributed by atoms with E-state index >= 15 is 0 Å². The summed E-state index contributed by atoms with van der Waals surface area (Å²) >= 11 is 6.95. The van der Waals surface area contributed by atoms with Crippen molar-refractivity contribution in [2.45, 2.75) is 19.5 Å². The maximum atomic E-state index is 5.39. The summed E-state index contributed by atoms with van der Waals surface area (Å²) in [6.07, 6.45) is 0. The molecule has 2 rings (SSSR count). The zero-order valence-electron chi connectivity index (χ0n) is 11.5. The van der Waals surface area contributed by atoms with Crippen molar-refractivity contribution >= 4 is 31.9 Å². The van der Waals surface area contributed by atoms with Gasteiger partial charge < -0.3 is 10.1 Å². The van der Waals surface area contributed by atoms with Crippen molar-refractivity contribution in [1.29, 1.82) is 0 Å². The van der Waals surface area contributed by atoms with Crippen molar-refractivity contribution in [3.63, 3.8) is 0 Å². The third-order valence-electron chi connectivity index (χ3n) is 3.21. The summed E-state index contributed by atoms with van der Waals surface area (Å²) in [5.74, 6) is 0.906. The van der Waals surface area contributed by atoms with Gasteiger partial charge in [-0.25, -0.2) is 0 Å². The molecule has 1 atom stereocenters. The lowest BCUT2D eigenvalue weighted by molar-refractivity contribution is 0.406. The highest BCUT2D eigenvalue weighted by atomic mass is 79.9. The molecule has 0 aliphatic rings. The molecule has 0 saturated carbocycles. The fourth-order valence-electron chi connectivity index (χ4n) is 2.02. The maximum absolute atomic E-state index is 5.39. The smallest absolute Gasteiger partial charge is 0.123 e. The van der Waals surface area contributed by atoms with E-state index in [0.717, 1.165) is 26.8 Å². The van der Waals surface area contributed by atoms with Gasteiger partial charge in [0, 0.05) is 27.1 Å². The van der Waals surface area contributed by atoms with Crippen LogP contribution in [0.1, 0.15) is 24.1 Å². The molecule has 2 aromatic carbocycles. The number of nitrogens with one attached hydrogen (secondary N) is 1. The number of benzene rings is 2. The summed E-state index contributed by atoms with van der Waals surface area (Å²) in [5, 5.41) is 3.52. The number of methoxy groups -OCH3 is 1. The van der Waals surface area contributed by atoms with Crippen LogP contribution in [0.2, 0.25) is 0 Å². The molecule has 0 aliphatic carbocycles. The Morgan fingerprint density at radius 1 is 1.05 bits per heavy atom. The molecular formula is C16H17Br2NO. The van der Waals surface area contributed by atoms with Crippen LogP contribution >= 0.6 is 31.9 Å². The zero-order chi connectivity index (χ0) is 14.5. The number of halogens is 2. The predicted molar refractivity (Wildman–Crippen MR) is 90.1 cm³/mol. The minimum absolute atomic E-state index is 0.284. The summed E-state index contributed by atoms with van der Waals surface area (Å²) in [4.78, 5) is 0. The molecule has 0 spiro atoms. The average Bonchev–Trinajstić information content (AvgIpc) is 2.45. The third kappa shape index (κ3) is 4.08. The standard InChI is InChI=1S/C16H17Br2NO/c1-11(12-3-5-14(17)6-4-12)19-10-13-9-15(18)7-8-16(13)20-2/h3-9,11,19H,10H2,1-2H3/t11-/m1/s1. The van der Waals surface area contributed by atoms with Gasteiger partial charge in [-0.1, -0.05) is 44.0 Å². The molecule has 0 aliphatic heterocycles. The van der Waals surface area contributed by atoms with Crippen molar-refractivity contribution in [2.24, 2.45) is 0 Å². The van der Waals surface area contributed by atoms with Crippen molar-refractivity contribution in [3.8, 4) is 5.75 Å². The maximum Gasteiger partial charge on any atom is 0.123 e. The second kappa shape index (κ2) is 7.25. The normalized spacial score (nSPS) is 12.2. The lowest BCUT2D eigenvalue weighted by Crippen LogP contribution is -2.18. The first kappa shape index (κ1) is 15.5. The Balaban J connectivity index is 2.04. The first-order valence-electron chi connectivity index (χ1n) is 6.41. The van der Waals surface area contributed by atoms with Gasteiger partial charge in [-0.05, 0) is 42.8 Å². The van der Waals surface area contributed by atoms with Crippen LogP contribution in [0.3, 0.4) is 0 Å². The quantitative estimate of drug-likeness (QED) is 0.758. The number of rotatable bonds is 5. The van der Waals surface area contributed by atoms with Gasteiger partial charge in [0.1, 0.15) is 5.75 Å². The summed E-state index contributed by atoms with van der Waals surface area (Å²) in [5.41, 5.74) is 2.41. The lowest BCUT2D eigenvalue weighted by Gasteiger charge is -2.16. The van der Waals surface area contributed by atoms with E-state index in [9.17, 15) is 0 Å². The van der Waals surface area contributed by atoms with Crippen LogP contribution in [-0.2, 0) is 6.54 Å². The molecule has 0 heterocycles. The van der Waals surface area contributed by atoms with Crippen molar-refractivity contribution in [2.75, 3.05) is 7.11 Å². The van der Waals surface area contributed by atoms with E-state index < -0.39 is 0 Å². The molecule has 0 amide bonds. The molecule has 106 valence electrons. The first-order chi connectivity index (χ1) is 9.60. The molecule has 20 heavy (non-hydrogen) atoms. The van der Waals surface area contributed by atoms with Crippen LogP contribution in [0.4, 0.5) is 0 Å². The summed E-state index contributed by atoms with van der Waals surface area (Å²) in [7, 11) is 1.70. The van der Waals surface area contributed by atoms with Crippen LogP contribution in [0.25, 0.3) is 0 Å². The van der Waals surface area contributed by atoms with Gasteiger partial charge in [0.15, 0.2) is 0 Å². The molecule has 0 bridgehead atoms. The Hall–Kier alpha value is -0.840. The monoisotopic (exact) mass is 397 g/mol. The minimum atomic E-state index is 0.284. The Kier molecular flexibility index (Phi) is 5.64. The molecule has 4 heteroatoms. The van der Waals surface area contributed by atoms with Gasteiger partial charge in [-0.15, -0.1) is 0 Å². The van der Waals surface area contributed by atoms with E-state index in [1.807, 2.05) is 12.1 Å². The van der Waals surface area contributed by atoms with Gasteiger partial charge in [-0.2, -0.15) is 0 Å². The lowest BCUT2D eigenvalue weighted by atomic mass is 10.1. The molecular weight excluding hydrogens is 382 g/mol. The molecule has 2 aromatic rings. The SMILES string of the molecule is COc1ccc(Br)cc1CN[C@H](C)c1ccc(Br)cc1. The highest BCUT2D eigenvalue weighted by molar-refractivity contribution is 9.10. The van der Waals surface area contributed by atoms with E-state index in [0.29, 0.717) is 0 Å². The van der Waals surface area contributed by atoms with Crippen molar-refractivity contribution < 1.29 is 4.74 Å². The second-order valence-electron chi connectivity index (χ2n) is 4.61. The van der Waals surface area contributed by atoms with Gasteiger partial charge in [-0.3, -0.25) is 0 Å². The minimum Gasteiger partial charge on any atom is -0.496 e. The molecule has 0 aromatic heterocycles. The third-order valence-corrected chi connectivity index (χ3v) is 4.23. The highest BCUT2D eigenvalue weighted by Gasteiger charge is 2.08. The zero-order valence-corrected chi connectivity index (χ0v) is 14.7. The van der Waals surface area contributed by atoms with E-state index in [1.54, 1.807) is 7.11 Å². The van der Waals surface area contributed by atoms with Gasteiger partial charge in [0.25, 0.3) is 0 Å². The van der Waals surface area contributed by atoms with E-state index in [-0.39, 0.29) is 6.04 Å². The Morgan fingerprint density at radius 3 is 2.35 bits per heavy atom. The largest absolute Gasteiger partial charge is 0.496 e. The van der Waals surface area contributed by atoms with Gasteiger partial charge in [0.05, 0.1) is 7.11 Å². The van der Waals surface area contributed by atoms with Gasteiger partial charge in [0.2, 0.25) is 0 Å². The van der Waals surface area contributed by atoms with Crippen LogP contribution in [0.5, 0.6) is 5.75 Å². The Labute approximate surface area is 136 Å². The van der Waals surface area contributed by atoms with Crippen LogP contribution in [-0.4, -0.2) is 7.11 Å². The van der Waals surface area contributed by atoms with Gasteiger partial charge >= 0.3 is 0 Å². The van der Waals surface area contributed by atoms with Crippen molar-refractivity contribution in [3.05, 3.63) is 62.5 Å². The summed E-state index contributed by atoms with van der Waals surface area (Å²) < 4.78 is 7.55. The summed E-state index contributed by atoms with van der Waals surface area (Å²) in [6.45, 7) is 2.92. The van der Waals surface area contributed by atoms with Crippen LogP contribution < -0.4 is 10.1 Å². The second-order valence-corrected chi connectivity index (χ2v) is 6.44. The number of ether oxygens (including phenoxy) is 1. The van der Waals surface area contributed by atoms with Crippen LogP contribution in [0, 0.1) is 0 Å². The molecule has 0 saturated heterocycles. The van der Waals surface area contributed by atoms with Crippen molar-refractivity contribution in [1.82, 2.24) is 5.32 Å². The predicted octanol–water partition coefficient (Wildman–Crippen LogP) is 5.07. The molecule has 0 radical (unpaired) electrons. The molecule has 0 unspecified atom stereocenters. The topological polar surface area (TPSA) is 21.3 Å². The number of hydrogen-bond acceptors (Lipinski definition) is 2. The Bertz CT molecular complexity index is 569. The fourth-order valence-corrected chi connectivity index (χ4v) is 2.69. The fraction of sp³-hybridized carbons (Fsp3) is 0.250. The van der Waals surface area contributed by atoms with E-state index in [1.165, 1.54) is 5.56 Å². The van der Waals surface area contributed by atoms with Crippen LogP contribution in [0.15, 0.2) is 51.4 Å². The highest BCUT2D eigenvalue weighted by Crippen LogP contribution is 2.24. The summed E-state index contributed by atoms with van der Waals surface area (Å²) in [6, 6.07) is 14.7. The van der Waals surface area contributed by atoms with E-state index in [4.69, 9.17) is 4.74 Å². The molecule has 2 nitrogen and oxygen atoms in total. The number of hydrogen-bond donors (Lipinski definition) is 1. The molecule has 0 fully saturated rings. The Morgan fingerprint density at radius 2 is 1.70 bits per heavy atom. The average molecular weight is 399 g/mol.